The van der Waals surface area contributed by atoms with Gasteiger partial charge in [0, 0.05) is 18.0 Å². The molecule has 3 rings (SSSR count). The van der Waals surface area contributed by atoms with Crippen LogP contribution < -0.4 is 4.74 Å². The van der Waals surface area contributed by atoms with Crippen molar-refractivity contribution >= 4 is 11.6 Å². The molecule has 0 fully saturated rings. The van der Waals surface area contributed by atoms with Gasteiger partial charge in [0.2, 0.25) is 0 Å². The van der Waals surface area contributed by atoms with Crippen LogP contribution in [0.2, 0.25) is 0 Å². The van der Waals surface area contributed by atoms with E-state index in [-0.39, 0.29) is 5.56 Å². The predicted molar refractivity (Wildman–Crippen MR) is 83.5 cm³/mol. The molecule has 0 unspecified atom stereocenters. The average Bonchev–Trinajstić information content (AvgIpc) is 2.92. The van der Waals surface area contributed by atoms with Crippen molar-refractivity contribution in [3.63, 3.8) is 0 Å². The number of hydrogen-bond donors (Lipinski definition) is 1. The lowest BCUT2D eigenvalue weighted by molar-refractivity contribution is 0.0696. The van der Waals surface area contributed by atoms with E-state index in [9.17, 15) is 4.79 Å². The lowest BCUT2D eigenvalue weighted by atomic mass is 10.1. The van der Waals surface area contributed by atoms with Gasteiger partial charge in [-0.25, -0.2) is 9.78 Å². The summed E-state index contributed by atoms with van der Waals surface area (Å²) in [5.74, 6) is -0.183. The summed E-state index contributed by atoms with van der Waals surface area (Å²) >= 11 is 0. The molecule has 0 saturated carbocycles. The van der Waals surface area contributed by atoms with Crippen molar-refractivity contribution in [2.75, 3.05) is 6.61 Å². The van der Waals surface area contributed by atoms with Gasteiger partial charge in [0.15, 0.2) is 0 Å². The van der Waals surface area contributed by atoms with Gasteiger partial charge in [-0.1, -0.05) is 11.6 Å². The predicted octanol–water partition coefficient (Wildman–Crippen LogP) is 3.41. The Kier molecular flexibility index (Phi) is 3.55. The molecule has 0 bridgehead atoms. The Bertz CT molecular complexity index is 852. The number of carboxylic acid groups (broad SMARTS) is 1. The fraction of sp³-hybridized carbons (Fsp3) is 0.176. The summed E-state index contributed by atoms with van der Waals surface area (Å²) in [6, 6.07) is 9.19. The Balaban J connectivity index is 2.14. The zero-order chi connectivity index (χ0) is 15.7. The minimum atomic E-state index is -0.956. The summed E-state index contributed by atoms with van der Waals surface area (Å²) in [7, 11) is 0. The van der Waals surface area contributed by atoms with Gasteiger partial charge in [-0.15, -0.1) is 0 Å². The van der Waals surface area contributed by atoms with Crippen molar-refractivity contribution in [2.24, 2.45) is 0 Å². The summed E-state index contributed by atoms with van der Waals surface area (Å²) in [4.78, 5) is 15.6. The number of rotatable bonds is 4. The monoisotopic (exact) mass is 296 g/mol. The third-order valence-corrected chi connectivity index (χ3v) is 3.41. The molecule has 22 heavy (non-hydrogen) atoms. The Morgan fingerprint density at radius 3 is 2.82 bits per heavy atom. The Morgan fingerprint density at radius 1 is 1.27 bits per heavy atom. The molecule has 0 spiro atoms. The molecule has 2 aromatic heterocycles. The second-order valence-electron chi connectivity index (χ2n) is 5.05. The van der Waals surface area contributed by atoms with E-state index in [4.69, 9.17) is 9.84 Å². The Labute approximate surface area is 127 Å². The second kappa shape index (κ2) is 5.52. The smallest absolute Gasteiger partial charge is 0.337 e. The molecule has 0 atom stereocenters. The van der Waals surface area contributed by atoms with Crippen molar-refractivity contribution in [3.05, 3.63) is 53.9 Å². The van der Waals surface area contributed by atoms with E-state index in [1.54, 1.807) is 22.7 Å². The molecule has 112 valence electrons. The van der Waals surface area contributed by atoms with Crippen LogP contribution in [0, 0.1) is 6.92 Å². The van der Waals surface area contributed by atoms with Gasteiger partial charge in [-0.2, -0.15) is 0 Å². The molecule has 3 aromatic rings. The molecule has 0 aliphatic heterocycles. The molecule has 5 nitrogen and oxygen atoms in total. The standard InChI is InChI=1S/C17H16N2O3/c1-3-22-15-6-4-11(2)8-13(15)14-10-19-9-12(17(20)21)5-7-16(19)18-14/h4-10H,3H2,1-2H3,(H,20,21). The first kappa shape index (κ1) is 14.1. The number of ether oxygens (including phenoxy) is 1. The van der Waals surface area contributed by atoms with Gasteiger partial charge in [-0.3, -0.25) is 0 Å². The highest BCUT2D eigenvalue weighted by molar-refractivity contribution is 5.87. The maximum Gasteiger partial charge on any atom is 0.337 e. The van der Waals surface area contributed by atoms with Crippen LogP contribution in [0.3, 0.4) is 0 Å². The molecule has 5 heteroatoms. The minimum absolute atomic E-state index is 0.228. The maximum absolute atomic E-state index is 11.1. The minimum Gasteiger partial charge on any atom is -0.493 e. The van der Waals surface area contributed by atoms with Gasteiger partial charge in [0.1, 0.15) is 11.4 Å². The van der Waals surface area contributed by atoms with Crippen LogP contribution in [-0.4, -0.2) is 27.1 Å². The molecule has 0 saturated heterocycles. The second-order valence-corrected chi connectivity index (χ2v) is 5.05. The molecule has 1 aromatic carbocycles. The van der Waals surface area contributed by atoms with Crippen LogP contribution in [-0.2, 0) is 0 Å². The van der Waals surface area contributed by atoms with Gasteiger partial charge in [0.25, 0.3) is 0 Å². The fourth-order valence-corrected chi connectivity index (χ4v) is 2.37. The number of imidazole rings is 1. The van der Waals surface area contributed by atoms with Gasteiger partial charge in [0.05, 0.1) is 17.9 Å². The van der Waals surface area contributed by atoms with Crippen LogP contribution in [0.15, 0.2) is 42.7 Å². The number of aryl methyl sites for hydroxylation is 1. The molecular formula is C17H16N2O3. The quantitative estimate of drug-likeness (QED) is 0.801. The number of benzene rings is 1. The van der Waals surface area contributed by atoms with Crippen LogP contribution >= 0.6 is 0 Å². The summed E-state index contributed by atoms with van der Waals surface area (Å²) in [6.07, 6.45) is 3.38. The van der Waals surface area contributed by atoms with E-state index >= 15 is 0 Å². The number of carbonyl (C=O) groups is 1. The highest BCUT2D eigenvalue weighted by Gasteiger charge is 2.12. The molecule has 0 aliphatic carbocycles. The molecule has 2 heterocycles. The zero-order valence-corrected chi connectivity index (χ0v) is 12.4. The van der Waals surface area contributed by atoms with E-state index in [2.05, 4.69) is 4.98 Å². The highest BCUT2D eigenvalue weighted by atomic mass is 16.5. The molecule has 0 aliphatic rings. The molecule has 0 amide bonds. The Morgan fingerprint density at radius 2 is 2.09 bits per heavy atom. The van der Waals surface area contributed by atoms with Crippen LogP contribution in [0.4, 0.5) is 0 Å². The first-order valence-corrected chi connectivity index (χ1v) is 7.04. The van der Waals surface area contributed by atoms with Crippen molar-refractivity contribution in [1.29, 1.82) is 0 Å². The van der Waals surface area contributed by atoms with Gasteiger partial charge >= 0.3 is 5.97 Å². The summed E-state index contributed by atoms with van der Waals surface area (Å²) in [6.45, 7) is 4.52. The average molecular weight is 296 g/mol. The molecule has 1 N–H and O–H groups in total. The van der Waals surface area contributed by atoms with Crippen molar-refractivity contribution in [1.82, 2.24) is 9.38 Å². The topological polar surface area (TPSA) is 63.8 Å². The lowest BCUT2D eigenvalue weighted by Crippen LogP contribution is -1.97. The number of carboxylic acids is 1. The first-order valence-electron chi connectivity index (χ1n) is 7.04. The SMILES string of the molecule is CCOc1ccc(C)cc1-c1cn2cc(C(=O)O)ccc2n1. The number of pyridine rings is 1. The molecular weight excluding hydrogens is 280 g/mol. The van der Waals surface area contributed by atoms with Crippen molar-refractivity contribution in [3.8, 4) is 17.0 Å². The summed E-state index contributed by atoms with van der Waals surface area (Å²) in [5, 5.41) is 9.06. The number of aromatic carboxylic acids is 1. The van der Waals surface area contributed by atoms with E-state index in [0.29, 0.717) is 12.3 Å². The molecule has 0 radical (unpaired) electrons. The number of nitrogens with zero attached hydrogens (tertiary/aromatic N) is 2. The number of aromatic nitrogens is 2. The Hall–Kier alpha value is -2.82. The highest BCUT2D eigenvalue weighted by Crippen LogP contribution is 2.30. The third-order valence-electron chi connectivity index (χ3n) is 3.41. The summed E-state index contributed by atoms with van der Waals surface area (Å²) in [5.41, 5.74) is 3.70. The number of fused-ring (bicyclic) bond motifs is 1. The lowest BCUT2D eigenvalue weighted by Gasteiger charge is -2.08. The fourth-order valence-electron chi connectivity index (χ4n) is 2.37. The van der Waals surface area contributed by atoms with Crippen molar-refractivity contribution < 1.29 is 14.6 Å². The van der Waals surface area contributed by atoms with Gasteiger partial charge in [-0.05, 0) is 38.1 Å². The van der Waals surface area contributed by atoms with E-state index in [0.717, 1.165) is 22.6 Å². The third kappa shape index (κ3) is 2.53. The van der Waals surface area contributed by atoms with E-state index in [1.165, 1.54) is 0 Å². The van der Waals surface area contributed by atoms with Gasteiger partial charge < -0.3 is 14.2 Å². The van der Waals surface area contributed by atoms with E-state index < -0.39 is 5.97 Å². The van der Waals surface area contributed by atoms with Crippen LogP contribution in [0.25, 0.3) is 16.9 Å². The van der Waals surface area contributed by atoms with Crippen molar-refractivity contribution in [2.45, 2.75) is 13.8 Å². The van der Waals surface area contributed by atoms with Crippen LogP contribution in [0.1, 0.15) is 22.8 Å². The van der Waals surface area contributed by atoms with Crippen LogP contribution in [0.5, 0.6) is 5.75 Å². The largest absolute Gasteiger partial charge is 0.493 e. The summed E-state index contributed by atoms with van der Waals surface area (Å²) < 4.78 is 7.38. The first-order chi connectivity index (χ1) is 10.6. The van der Waals surface area contributed by atoms with E-state index in [1.807, 2.05) is 38.2 Å². The maximum atomic E-state index is 11.1. The zero-order valence-electron chi connectivity index (χ0n) is 12.4. The normalized spacial score (nSPS) is 10.8. The number of hydrogen-bond acceptors (Lipinski definition) is 3.